The number of hydrogen-bond acceptors (Lipinski definition) is 8. The second-order valence-corrected chi connectivity index (χ2v) is 8.58. The molecular formula is C25H29N7O2. The highest BCUT2D eigenvalue weighted by molar-refractivity contribution is 5.99. The van der Waals surface area contributed by atoms with Gasteiger partial charge >= 0.3 is 0 Å². The Hall–Kier alpha value is -3.82. The third kappa shape index (κ3) is 5.56. The van der Waals surface area contributed by atoms with Crippen molar-refractivity contribution in [1.29, 1.82) is 0 Å². The number of pyridine rings is 1. The van der Waals surface area contributed by atoms with Crippen LogP contribution in [-0.4, -0.2) is 39.1 Å². The number of carbonyl (C=O) groups is 1. The number of aromatic nitrogens is 3. The highest BCUT2D eigenvalue weighted by Crippen LogP contribution is 2.25. The second-order valence-electron chi connectivity index (χ2n) is 8.58. The van der Waals surface area contributed by atoms with E-state index in [2.05, 4.69) is 54.9 Å². The number of aliphatic hydroxyl groups is 1. The zero-order chi connectivity index (χ0) is 24.1. The van der Waals surface area contributed by atoms with Crippen molar-refractivity contribution in [3.8, 4) is 0 Å². The fourth-order valence-electron chi connectivity index (χ4n) is 3.61. The van der Waals surface area contributed by atoms with Crippen molar-refractivity contribution < 1.29 is 9.90 Å². The Kier molecular flexibility index (Phi) is 6.85. The minimum absolute atomic E-state index is 0.263. The summed E-state index contributed by atoms with van der Waals surface area (Å²) >= 11 is 0. The van der Waals surface area contributed by atoms with Gasteiger partial charge < -0.3 is 26.4 Å². The molecule has 1 aromatic carbocycles. The Morgan fingerprint density at radius 3 is 2.85 bits per heavy atom. The second kappa shape index (κ2) is 9.98. The zero-order valence-corrected chi connectivity index (χ0v) is 19.4. The molecule has 0 atom stereocenters. The third-order valence-corrected chi connectivity index (χ3v) is 5.41. The van der Waals surface area contributed by atoms with Gasteiger partial charge in [-0.25, -0.2) is 9.97 Å². The number of nitrogens with zero attached hydrogens (tertiary/aromatic N) is 3. The predicted octanol–water partition coefficient (Wildman–Crippen LogP) is 3.15. The molecule has 4 rings (SSSR count). The lowest BCUT2D eigenvalue weighted by Crippen LogP contribution is -2.25. The van der Waals surface area contributed by atoms with Gasteiger partial charge in [-0.3, -0.25) is 4.79 Å². The van der Waals surface area contributed by atoms with E-state index in [-0.39, 0.29) is 11.5 Å². The molecule has 0 aliphatic carbocycles. The quantitative estimate of drug-likeness (QED) is 0.326. The van der Waals surface area contributed by atoms with E-state index < -0.39 is 5.60 Å². The monoisotopic (exact) mass is 459 g/mol. The Labute approximate surface area is 198 Å². The number of hydrogen-bond donors (Lipinski definition) is 5. The summed E-state index contributed by atoms with van der Waals surface area (Å²) in [5.41, 5.74) is 3.09. The Bertz CT molecular complexity index is 1200. The van der Waals surface area contributed by atoms with Crippen LogP contribution in [0, 0.1) is 0 Å². The van der Waals surface area contributed by atoms with Gasteiger partial charge in [0.25, 0.3) is 5.91 Å². The SMILES string of the molecule is C=CCNC(=O)c1cnc(Nc2ccc3c(c2)CCNC3)nc1Nc1cccc(C(C)(C)O)n1. The van der Waals surface area contributed by atoms with Crippen LogP contribution in [0.25, 0.3) is 0 Å². The molecule has 0 unspecified atom stereocenters. The van der Waals surface area contributed by atoms with E-state index in [4.69, 9.17) is 0 Å². The highest BCUT2D eigenvalue weighted by atomic mass is 16.3. The molecular weight excluding hydrogens is 430 g/mol. The van der Waals surface area contributed by atoms with Crippen molar-refractivity contribution in [1.82, 2.24) is 25.6 Å². The lowest BCUT2D eigenvalue weighted by molar-refractivity contribution is 0.0740. The molecule has 1 amide bonds. The van der Waals surface area contributed by atoms with Crippen LogP contribution in [0.15, 0.2) is 55.3 Å². The van der Waals surface area contributed by atoms with E-state index in [0.29, 0.717) is 29.8 Å². The predicted molar refractivity (Wildman–Crippen MR) is 132 cm³/mol. The molecule has 9 heteroatoms. The fraction of sp³-hybridized carbons (Fsp3) is 0.280. The van der Waals surface area contributed by atoms with Crippen LogP contribution < -0.4 is 21.3 Å². The van der Waals surface area contributed by atoms with Gasteiger partial charge in [-0.05, 0) is 62.2 Å². The molecule has 0 saturated heterocycles. The Morgan fingerprint density at radius 2 is 2.06 bits per heavy atom. The first-order valence-electron chi connectivity index (χ1n) is 11.2. The summed E-state index contributed by atoms with van der Waals surface area (Å²) in [4.78, 5) is 26.1. The number of amides is 1. The third-order valence-electron chi connectivity index (χ3n) is 5.41. The number of fused-ring (bicyclic) bond motifs is 1. The number of carbonyl (C=O) groups excluding carboxylic acids is 1. The first-order chi connectivity index (χ1) is 16.3. The molecule has 9 nitrogen and oxygen atoms in total. The summed E-state index contributed by atoms with van der Waals surface area (Å²) in [7, 11) is 0. The molecule has 0 radical (unpaired) electrons. The average Bonchev–Trinajstić information content (AvgIpc) is 2.82. The molecule has 0 fully saturated rings. The Balaban J connectivity index is 1.64. The lowest BCUT2D eigenvalue weighted by Gasteiger charge is -2.19. The van der Waals surface area contributed by atoms with Crippen molar-refractivity contribution >= 4 is 29.2 Å². The molecule has 0 bridgehead atoms. The Morgan fingerprint density at radius 1 is 1.21 bits per heavy atom. The van der Waals surface area contributed by atoms with Crippen molar-refractivity contribution in [2.45, 2.75) is 32.4 Å². The molecule has 5 N–H and O–H groups in total. The standard InChI is InChI=1S/C25H29N7O2/c1-4-11-27-23(33)19-15-28-24(29-18-9-8-17-14-26-12-10-16(17)13-18)32-22(19)31-21-7-5-6-20(30-21)25(2,3)34/h4-9,13,15,26,34H,1,10-12,14H2,2-3H3,(H,27,33)(H2,28,29,30,31,32). The van der Waals surface area contributed by atoms with Gasteiger partial charge in [0.05, 0.1) is 5.69 Å². The molecule has 2 aromatic heterocycles. The first kappa shape index (κ1) is 23.3. The van der Waals surface area contributed by atoms with Crippen LogP contribution >= 0.6 is 0 Å². The van der Waals surface area contributed by atoms with Crippen LogP contribution in [-0.2, 0) is 18.6 Å². The molecule has 34 heavy (non-hydrogen) atoms. The molecule has 3 aromatic rings. The molecule has 1 aliphatic rings. The van der Waals surface area contributed by atoms with Crippen molar-refractivity contribution in [3.63, 3.8) is 0 Å². The summed E-state index contributed by atoms with van der Waals surface area (Å²) in [6.07, 6.45) is 4.03. The minimum atomic E-state index is -1.11. The summed E-state index contributed by atoms with van der Waals surface area (Å²) in [5.74, 6) is 0.745. The number of benzene rings is 1. The van der Waals surface area contributed by atoms with E-state index >= 15 is 0 Å². The van der Waals surface area contributed by atoms with E-state index in [0.717, 1.165) is 25.2 Å². The highest BCUT2D eigenvalue weighted by Gasteiger charge is 2.20. The summed E-state index contributed by atoms with van der Waals surface area (Å²) in [6, 6.07) is 11.4. The fourth-order valence-corrected chi connectivity index (χ4v) is 3.61. The maximum absolute atomic E-state index is 12.7. The van der Waals surface area contributed by atoms with Gasteiger partial charge in [0.2, 0.25) is 5.95 Å². The molecule has 176 valence electrons. The number of nitrogens with one attached hydrogen (secondary N) is 4. The van der Waals surface area contributed by atoms with E-state index in [9.17, 15) is 9.90 Å². The van der Waals surface area contributed by atoms with Crippen molar-refractivity contribution in [2.75, 3.05) is 23.7 Å². The van der Waals surface area contributed by atoms with Gasteiger partial charge in [-0.1, -0.05) is 18.2 Å². The van der Waals surface area contributed by atoms with Crippen LogP contribution in [0.1, 0.15) is 41.0 Å². The maximum atomic E-state index is 12.7. The first-order valence-corrected chi connectivity index (χ1v) is 11.2. The lowest BCUT2D eigenvalue weighted by atomic mass is 10.0. The van der Waals surface area contributed by atoms with E-state index in [1.165, 1.54) is 17.3 Å². The van der Waals surface area contributed by atoms with Gasteiger partial charge in [-0.2, -0.15) is 4.98 Å². The number of anilines is 4. The molecule has 0 saturated carbocycles. The molecule has 0 spiro atoms. The van der Waals surface area contributed by atoms with Crippen LogP contribution in [0.5, 0.6) is 0 Å². The van der Waals surface area contributed by atoms with E-state index in [1.807, 2.05) is 6.07 Å². The smallest absolute Gasteiger partial charge is 0.256 e. The zero-order valence-electron chi connectivity index (χ0n) is 19.4. The van der Waals surface area contributed by atoms with Gasteiger partial charge in [0.15, 0.2) is 0 Å². The van der Waals surface area contributed by atoms with E-state index in [1.54, 1.807) is 38.1 Å². The largest absolute Gasteiger partial charge is 0.384 e. The van der Waals surface area contributed by atoms with Crippen molar-refractivity contribution in [3.05, 3.63) is 77.6 Å². The van der Waals surface area contributed by atoms with Crippen LogP contribution in [0.3, 0.4) is 0 Å². The average molecular weight is 460 g/mol. The maximum Gasteiger partial charge on any atom is 0.256 e. The topological polar surface area (TPSA) is 124 Å². The summed E-state index contributed by atoms with van der Waals surface area (Å²) < 4.78 is 0. The normalized spacial score (nSPS) is 13.0. The van der Waals surface area contributed by atoms with Crippen molar-refractivity contribution in [2.24, 2.45) is 0 Å². The molecule has 1 aliphatic heterocycles. The van der Waals surface area contributed by atoms with Gasteiger partial charge in [-0.15, -0.1) is 6.58 Å². The van der Waals surface area contributed by atoms with Gasteiger partial charge in [0.1, 0.15) is 22.8 Å². The molecule has 3 heterocycles. The van der Waals surface area contributed by atoms with Crippen LogP contribution in [0.4, 0.5) is 23.3 Å². The van der Waals surface area contributed by atoms with Crippen LogP contribution in [0.2, 0.25) is 0 Å². The minimum Gasteiger partial charge on any atom is -0.384 e. The summed E-state index contributed by atoms with van der Waals surface area (Å²) in [6.45, 7) is 9.09. The number of rotatable bonds is 8. The van der Waals surface area contributed by atoms with Gasteiger partial charge in [0, 0.05) is 25.0 Å². The summed E-state index contributed by atoms with van der Waals surface area (Å²) in [5, 5.41) is 22.8.